The lowest BCUT2D eigenvalue weighted by molar-refractivity contribution is -0.204. The Balaban J connectivity index is 1.07. The van der Waals surface area contributed by atoms with Crippen LogP contribution in [0.2, 0.25) is 5.02 Å². The number of halogens is 1. The largest absolute Gasteiger partial charge is 0.530 e. The van der Waals surface area contributed by atoms with Gasteiger partial charge in [-0.1, -0.05) is 127 Å². The molecule has 3 aromatic rings. The van der Waals surface area contributed by atoms with E-state index >= 15 is 0 Å². The number of benzene rings is 1. The third-order valence-corrected chi connectivity index (χ3v) is 12.0. The summed E-state index contributed by atoms with van der Waals surface area (Å²) in [6.07, 6.45) is 19.7. The Labute approximate surface area is 337 Å². The number of para-hydroxylation sites is 1. The van der Waals surface area contributed by atoms with Gasteiger partial charge in [0.05, 0.1) is 23.9 Å². The molecule has 2 N–H and O–H groups in total. The Morgan fingerprint density at radius 2 is 1.50 bits per heavy atom. The summed E-state index contributed by atoms with van der Waals surface area (Å²) in [5.74, 6) is -0.680. The first kappa shape index (κ1) is 44.3. The van der Waals surface area contributed by atoms with Crippen molar-refractivity contribution in [3.8, 4) is 11.8 Å². The van der Waals surface area contributed by atoms with E-state index in [9.17, 15) is 9.83 Å². The summed E-state index contributed by atoms with van der Waals surface area (Å²) in [6, 6.07) is 12.3. The second-order valence-corrected chi connectivity index (χ2v) is 17.3. The van der Waals surface area contributed by atoms with Gasteiger partial charge in [0, 0.05) is 6.61 Å². The number of unbranched alkanes of at least 4 members (excludes halogenated alkanes) is 15. The second-order valence-electron chi connectivity index (χ2n) is 15.3. The number of hydrogen-bond donors (Lipinski definition) is 1. The van der Waals surface area contributed by atoms with E-state index < -0.39 is 44.1 Å². The standard InChI is InChI=1S/C41H61ClN5O8P/c1-4-5-6-7-8-9-10-11-12-13-14-15-16-17-18-21-26-49-27-28-50-56(48,55-35-23-20-19-22-32(35)42)51-30-41(29-43)38-37(52-40(2,3)54-38)36(53-41)33-24-25-34-39(44)45-31-46-47(33)34/h19-20,22-25,31,36-38H,4-18,21,26-28,30H2,1-3H3,(H2,44,45,46)/t36-,37-,38-,41+,56?/m0/s1. The first-order valence-corrected chi connectivity index (χ1v) is 22.4. The van der Waals surface area contributed by atoms with Crippen LogP contribution in [0, 0.1) is 11.3 Å². The van der Waals surface area contributed by atoms with Gasteiger partial charge >= 0.3 is 7.82 Å². The number of hydrogen-bond acceptors (Lipinski definition) is 12. The number of nitriles is 1. The van der Waals surface area contributed by atoms with Gasteiger partial charge in [-0.25, -0.2) is 14.1 Å². The molecule has 56 heavy (non-hydrogen) atoms. The van der Waals surface area contributed by atoms with Crippen LogP contribution < -0.4 is 10.3 Å². The number of rotatable bonds is 27. The maximum Gasteiger partial charge on any atom is 0.530 e. The van der Waals surface area contributed by atoms with Crippen molar-refractivity contribution in [2.45, 2.75) is 153 Å². The molecule has 0 aliphatic carbocycles. The number of aromatic nitrogens is 3. The quantitative estimate of drug-likeness (QED) is 0.0573. The van der Waals surface area contributed by atoms with Crippen molar-refractivity contribution in [1.29, 1.82) is 5.26 Å². The maximum absolute atomic E-state index is 14.2. The molecule has 5 atom stereocenters. The zero-order chi connectivity index (χ0) is 39.9. The van der Waals surface area contributed by atoms with Gasteiger partial charge in [0.25, 0.3) is 0 Å². The Morgan fingerprint density at radius 3 is 2.14 bits per heavy atom. The van der Waals surface area contributed by atoms with E-state index in [0.717, 1.165) is 12.8 Å². The van der Waals surface area contributed by atoms with Gasteiger partial charge in [0.2, 0.25) is 5.60 Å². The number of phosphoric acid groups is 1. The van der Waals surface area contributed by atoms with Gasteiger partial charge in [0.15, 0.2) is 11.6 Å². The number of ether oxygens (including phenoxy) is 4. The third-order valence-electron chi connectivity index (χ3n) is 10.3. The molecular formula is C41H61ClN5O8P. The van der Waals surface area contributed by atoms with Crippen LogP contribution in [0.1, 0.15) is 135 Å². The minimum absolute atomic E-state index is 0.0837. The minimum Gasteiger partial charge on any atom is -0.402 e. The Bertz CT molecular complexity index is 1740. The van der Waals surface area contributed by atoms with Crippen molar-refractivity contribution in [2.75, 3.05) is 32.2 Å². The van der Waals surface area contributed by atoms with Crippen LogP contribution in [0.4, 0.5) is 5.82 Å². The first-order chi connectivity index (χ1) is 27.1. The Morgan fingerprint density at radius 1 is 0.857 bits per heavy atom. The van der Waals surface area contributed by atoms with Crippen LogP contribution in [0.15, 0.2) is 42.7 Å². The van der Waals surface area contributed by atoms with E-state index in [0.29, 0.717) is 17.8 Å². The van der Waals surface area contributed by atoms with Gasteiger partial charge in [-0.05, 0) is 44.5 Å². The average molecular weight is 818 g/mol. The summed E-state index contributed by atoms with van der Waals surface area (Å²) in [6.45, 7) is 5.87. The SMILES string of the molecule is CCCCCCCCCCCCCCCCCCOCCOP(=O)(OC[C@@]1(C#N)O[C@@H](c2ccc3c(N)ncnn23)[C@@H]2OC(C)(C)O[C@@H]21)Oc1ccccc1Cl. The van der Waals surface area contributed by atoms with Crippen LogP contribution in [0.25, 0.3) is 5.52 Å². The number of nitrogens with two attached hydrogens (primary N) is 1. The summed E-state index contributed by atoms with van der Waals surface area (Å²) in [4.78, 5) is 4.06. The van der Waals surface area contributed by atoms with Crippen molar-refractivity contribution in [3.63, 3.8) is 0 Å². The van der Waals surface area contributed by atoms with Crippen molar-refractivity contribution in [1.82, 2.24) is 14.6 Å². The molecule has 15 heteroatoms. The third kappa shape index (κ3) is 12.4. The molecule has 2 aliphatic heterocycles. The normalized spacial score (nSPS) is 22.6. The predicted octanol–water partition coefficient (Wildman–Crippen LogP) is 10.3. The van der Waals surface area contributed by atoms with E-state index in [1.165, 1.54) is 96.2 Å². The van der Waals surface area contributed by atoms with E-state index in [4.69, 9.17) is 49.9 Å². The Kier molecular flexibility index (Phi) is 17.3. The van der Waals surface area contributed by atoms with Crippen LogP contribution in [0.3, 0.4) is 0 Å². The summed E-state index contributed by atoms with van der Waals surface area (Å²) in [5, 5.41) is 15.2. The average Bonchev–Trinajstić information content (AvgIpc) is 3.84. The fourth-order valence-corrected chi connectivity index (χ4v) is 8.81. The Hall–Kier alpha value is -2.79. The molecule has 0 saturated carbocycles. The number of fused-ring (bicyclic) bond motifs is 2. The van der Waals surface area contributed by atoms with Crippen LogP contribution in [-0.2, 0) is 32.6 Å². The fourth-order valence-electron chi connectivity index (χ4n) is 7.35. The van der Waals surface area contributed by atoms with Crippen molar-refractivity contribution >= 4 is 30.8 Å². The lowest BCUT2D eigenvalue weighted by Gasteiger charge is -2.30. The maximum atomic E-state index is 14.2. The topological polar surface area (TPSA) is 162 Å². The molecule has 310 valence electrons. The van der Waals surface area contributed by atoms with E-state index in [1.807, 2.05) is 0 Å². The molecule has 2 aliphatic rings. The number of nitrogens with zero attached hydrogens (tertiary/aromatic N) is 4. The molecule has 0 radical (unpaired) electrons. The lowest BCUT2D eigenvalue weighted by Crippen LogP contribution is -2.46. The second kappa shape index (κ2) is 21.8. The zero-order valence-electron chi connectivity index (χ0n) is 33.4. The summed E-state index contributed by atoms with van der Waals surface area (Å²) >= 11 is 6.35. The highest BCUT2D eigenvalue weighted by Crippen LogP contribution is 2.55. The van der Waals surface area contributed by atoms with E-state index in [2.05, 4.69) is 23.1 Å². The van der Waals surface area contributed by atoms with Gasteiger partial charge in [-0.2, -0.15) is 10.4 Å². The number of phosphoric ester groups is 1. The first-order valence-electron chi connectivity index (χ1n) is 20.5. The molecule has 2 saturated heterocycles. The fraction of sp³-hybridized carbons (Fsp3) is 0.683. The minimum atomic E-state index is -4.40. The summed E-state index contributed by atoms with van der Waals surface area (Å²) < 4.78 is 58.0. The van der Waals surface area contributed by atoms with E-state index in [1.54, 1.807) is 54.8 Å². The molecule has 5 rings (SSSR count). The molecule has 0 bridgehead atoms. The predicted molar refractivity (Wildman–Crippen MR) is 215 cm³/mol. The summed E-state index contributed by atoms with van der Waals surface area (Å²) in [7, 11) is -4.40. The van der Waals surface area contributed by atoms with Crippen molar-refractivity contribution < 1.29 is 37.1 Å². The van der Waals surface area contributed by atoms with Crippen LogP contribution in [0.5, 0.6) is 5.75 Å². The molecule has 2 fully saturated rings. The van der Waals surface area contributed by atoms with Crippen molar-refractivity contribution in [2.24, 2.45) is 0 Å². The monoisotopic (exact) mass is 817 g/mol. The highest BCUT2D eigenvalue weighted by atomic mass is 35.5. The molecular weight excluding hydrogens is 757 g/mol. The molecule has 1 aromatic carbocycles. The zero-order valence-corrected chi connectivity index (χ0v) is 35.0. The number of nitrogen functional groups attached to an aromatic ring is 1. The van der Waals surface area contributed by atoms with E-state index in [-0.39, 0.29) is 29.8 Å². The van der Waals surface area contributed by atoms with Gasteiger partial charge in [-0.15, -0.1) is 0 Å². The van der Waals surface area contributed by atoms with Crippen LogP contribution in [-0.4, -0.2) is 64.6 Å². The molecule has 4 heterocycles. The van der Waals surface area contributed by atoms with Gasteiger partial charge < -0.3 is 29.2 Å². The molecule has 13 nitrogen and oxygen atoms in total. The summed E-state index contributed by atoms with van der Waals surface area (Å²) in [5.41, 5.74) is 5.43. The highest BCUT2D eigenvalue weighted by Gasteiger charge is 2.65. The van der Waals surface area contributed by atoms with Gasteiger partial charge in [0.1, 0.15) is 48.6 Å². The molecule has 0 amide bonds. The molecule has 0 spiro atoms. The highest BCUT2D eigenvalue weighted by molar-refractivity contribution is 7.48. The lowest BCUT2D eigenvalue weighted by atomic mass is 9.96. The van der Waals surface area contributed by atoms with Gasteiger partial charge in [-0.3, -0.25) is 9.05 Å². The number of anilines is 1. The molecule has 1 unspecified atom stereocenters. The smallest absolute Gasteiger partial charge is 0.402 e. The van der Waals surface area contributed by atoms with Crippen LogP contribution >= 0.6 is 19.4 Å². The van der Waals surface area contributed by atoms with Crippen molar-refractivity contribution in [3.05, 3.63) is 53.4 Å². The molecule has 2 aromatic heterocycles.